The van der Waals surface area contributed by atoms with Crippen LogP contribution in [0, 0.1) is 16.7 Å². The van der Waals surface area contributed by atoms with Crippen molar-refractivity contribution in [1.82, 2.24) is 0 Å². The molecule has 0 spiro atoms. The molecule has 2 saturated carbocycles. The van der Waals surface area contributed by atoms with Crippen LogP contribution in [0.15, 0.2) is 106 Å². The minimum absolute atomic E-state index is 0.0155. The molecule has 5 rings (SSSR count). The highest BCUT2D eigenvalue weighted by atomic mass is 32.3. The topological polar surface area (TPSA) is 43.4 Å². The van der Waals surface area contributed by atoms with Gasteiger partial charge in [0.05, 0.1) is 5.25 Å². The first-order chi connectivity index (χ1) is 15.7. The average Bonchev–Trinajstić information content (AvgIpc) is 3.18. The second-order valence-electron chi connectivity index (χ2n) is 10.2. The van der Waals surface area contributed by atoms with Crippen molar-refractivity contribution in [2.45, 2.75) is 60.0 Å². The Kier molecular flexibility index (Phi) is 5.50. The van der Waals surface area contributed by atoms with Crippen molar-refractivity contribution in [3.8, 4) is 0 Å². The van der Waals surface area contributed by atoms with Gasteiger partial charge in [-0.05, 0) is 82.7 Å². The lowest BCUT2D eigenvalue weighted by Crippen LogP contribution is -2.41. The maximum atomic E-state index is 14.2. The Morgan fingerprint density at radius 1 is 0.727 bits per heavy atom. The third-order valence-corrected chi connectivity index (χ3v) is 14.3. The zero-order valence-electron chi connectivity index (χ0n) is 19.5. The lowest BCUT2D eigenvalue weighted by atomic mass is 9.71. The summed E-state index contributed by atoms with van der Waals surface area (Å²) in [7, 11) is -6.38. The van der Waals surface area contributed by atoms with Crippen molar-refractivity contribution in [3.63, 3.8) is 0 Å². The second-order valence-corrected chi connectivity index (χ2v) is 14.8. The quantitative estimate of drug-likeness (QED) is 0.368. The summed E-state index contributed by atoms with van der Waals surface area (Å²) in [6, 6.07) is 29.6. The third-order valence-electron chi connectivity index (χ3n) is 8.48. The molecule has 2 fully saturated rings. The van der Waals surface area contributed by atoms with Gasteiger partial charge in [0.2, 0.25) is 0 Å². The molecule has 0 N–H and O–H groups in total. The standard InChI is InChI=1S/C28H32O3S2/c1-27(2)22-19-20-28(27,3)26(21-22)33(29,30)31-32(23-13-7-4-8-14-23,24-15-9-5-10-16-24)25-17-11-6-12-18-25/h4-18,22,26H,19-21H2,1-3H3. The van der Waals surface area contributed by atoms with Gasteiger partial charge in [-0.3, -0.25) is 0 Å². The average molecular weight is 481 g/mol. The van der Waals surface area contributed by atoms with Gasteiger partial charge in [0.25, 0.3) is 10.1 Å². The van der Waals surface area contributed by atoms with E-state index in [4.69, 9.17) is 3.63 Å². The van der Waals surface area contributed by atoms with Gasteiger partial charge in [0.1, 0.15) is 0 Å². The number of hydrogen-bond acceptors (Lipinski definition) is 3. The third kappa shape index (κ3) is 3.39. The molecule has 0 heterocycles. The van der Waals surface area contributed by atoms with E-state index in [-0.39, 0.29) is 10.8 Å². The van der Waals surface area contributed by atoms with E-state index in [2.05, 4.69) is 20.8 Å². The molecule has 0 saturated heterocycles. The van der Waals surface area contributed by atoms with Gasteiger partial charge in [-0.2, -0.15) is 8.42 Å². The van der Waals surface area contributed by atoms with Crippen LogP contribution < -0.4 is 0 Å². The molecule has 5 heteroatoms. The van der Waals surface area contributed by atoms with Crippen LogP contribution in [0.4, 0.5) is 0 Å². The van der Waals surface area contributed by atoms with Gasteiger partial charge in [0, 0.05) is 14.7 Å². The van der Waals surface area contributed by atoms with Gasteiger partial charge >= 0.3 is 0 Å². The zero-order valence-corrected chi connectivity index (χ0v) is 21.1. The minimum atomic E-state index is -3.89. The van der Waals surface area contributed by atoms with Crippen LogP contribution in [-0.4, -0.2) is 13.7 Å². The Labute approximate surface area is 199 Å². The Bertz CT molecular complexity index is 1130. The van der Waals surface area contributed by atoms with E-state index >= 15 is 0 Å². The van der Waals surface area contributed by atoms with Gasteiger partial charge in [-0.15, -0.1) is 0 Å². The summed E-state index contributed by atoms with van der Waals surface area (Å²) in [6.07, 6.45) is 2.71. The fourth-order valence-electron chi connectivity index (χ4n) is 6.12. The highest BCUT2D eigenvalue weighted by molar-refractivity contribution is 8.33. The lowest BCUT2D eigenvalue weighted by molar-refractivity contribution is 0.152. The molecular formula is C28H32O3S2. The summed E-state index contributed by atoms with van der Waals surface area (Å²) in [6.45, 7) is 6.65. The van der Waals surface area contributed by atoms with Gasteiger partial charge in [0.15, 0.2) is 0 Å². The lowest BCUT2D eigenvalue weighted by Gasteiger charge is -2.43. The van der Waals surface area contributed by atoms with Gasteiger partial charge in [-0.1, -0.05) is 75.4 Å². The Hall–Kier alpha value is -2.08. The summed E-state index contributed by atoms with van der Waals surface area (Å²) in [5, 5.41) is -0.498. The second kappa shape index (κ2) is 8.00. The molecular weight excluding hydrogens is 448 g/mol. The molecule has 0 aromatic heterocycles. The van der Waals surface area contributed by atoms with Crippen LogP contribution in [0.1, 0.15) is 40.0 Å². The molecule has 0 amide bonds. The molecule has 3 atom stereocenters. The highest BCUT2D eigenvalue weighted by Gasteiger charge is 2.66. The van der Waals surface area contributed by atoms with Crippen molar-refractivity contribution < 1.29 is 12.0 Å². The predicted molar refractivity (Wildman–Crippen MR) is 135 cm³/mol. The SMILES string of the molecule is CC1(C)C2CCC1(C)C(S(=O)(=O)OS(c1ccccc1)(c1ccccc1)c1ccccc1)C2. The Morgan fingerprint density at radius 3 is 1.48 bits per heavy atom. The fraction of sp³-hybridized carbons (Fsp3) is 0.357. The normalized spacial score (nSPS) is 26.9. The van der Waals surface area contributed by atoms with E-state index in [9.17, 15) is 8.42 Å². The molecule has 3 nitrogen and oxygen atoms in total. The maximum absolute atomic E-state index is 14.2. The van der Waals surface area contributed by atoms with Crippen molar-refractivity contribution in [2.24, 2.45) is 16.7 Å². The monoisotopic (exact) mass is 480 g/mol. The molecule has 174 valence electrons. The zero-order chi connectivity index (χ0) is 23.3. The molecule has 3 aromatic rings. The summed E-state index contributed by atoms with van der Waals surface area (Å²) in [4.78, 5) is 2.66. The summed E-state index contributed by atoms with van der Waals surface area (Å²) in [5.74, 6) is 0.417. The molecule has 3 aromatic carbocycles. The van der Waals surface area contributed by atoms with Crippen molar-refractivity contribution in [1.29, 1.82) is 0 Å². The number of rotatable bonds is 6. The largest absolute Gasteiger partial charge is 0.280 e. The molecule has 0 aliphatic heterocycles. The van der Waals surface area contributed by atoms with Crippen LogP contribution in [0.3, 0.4) is 0 Å². The van der Waals surface area contributed by atoms with Gasteiger partial charge < -0.3 is 0 Å². The molecule has 2 bridgehead atoms. The molecule has 3 unspecified atom stereocenters. The first-order valence-corrected chi connectivity index (χ1v) is 14.7. The molecule has 0 radical (unpaired) electrons. The summed E-state index contributed by atoms with van der Waals surface area (Å²) in [5.41, 5.74) is -0.302. The molecule has 2 aliphatic rings. The predicted octanol–water partition coefficient (Wildman–Crippen LogP) is 7.44. The van der Waals surface area contributed by atoms with Gasteiger partial charge in [-0.25, -0.2) is 3.63 Å². The fourth-order valence-corrected chi connectivity index (χ4v) is 12.5. The Balaban J connectivity index is 1.71. The number of benzene rings is 3. The van der Waals surface area contributed by atoms with Crippen LogP contribution in [0.2, 0.25) is 0 Å². The van der Waals surface area contributed by atoms with E-state index in [1.165, 1.54) is 0 Å². The first kappa shape index (κ1) is 22.7. The van der Waals surface area contributed by atoms with Crippen molar-refractivity contribution in [2.75, 3.05) is 0 Å². The van der Waals surface area contributed by atoms with E-state index < -0.39 is 25.7 Å². The van der Waals surface area contributed by atoms with E-state index in [1.807, 2.05) is 91.0 Å². The first-order valence-electron chi connectivity index (χ1n) is 11.7. The molecule has 2 aliphatic carbocycles. The summed E-state index contributed by atoms with van der Waals surface area (Å²) >= 11 is 0. The minimum Gasteiger partial charge on any atom is -0.206 e. The van der Waals surface area contributed by atoms with Crippen LogP contribution in [-0.2, 0) is 13.7 Å². The molecule has 33 heavy (non-hydrogen) atoms. The van der Waals surface area contributed by atoms with E-state index in [0.717, 1.165) is 27.5 Å². The Morgan fingerprint density at radius 2 is 1.15 bits per heavy atom. The van der Waals surface area contributed by atoms with Crippen molar-refractivity contribution >= 4 is 20.4 Å². The smallest absolute Gasteiger partial charge is 0.206 e. The van der Waals surface area contributed by atoms with Crippen molar-refractivity contribution in [3.05, 3.63) is 91.0 Å². The van der Waals surface area contributed by atoms with E-state index in [1.54, 1.807) is 0 Å². The van der Waals surface area contributed by atoms with Crippen LogP contribution in [0.25, 0.3) is 0 Å². The van der Waals surface area contributed by atoms with Crippen LogP contribution in [0.5, 0.6) is 0 Å². The van der Waals surface area contributed by atoms with E-state index in [0.29, 0.717) is 12.3 Å². The maximum Gasteiger partial charge on any atom is 0.280 e. The number of hydrogen-bond donors (Lipinski definition) is 0. The summed E-state index contributed by atoms with van der Waals surface area (Å²) < 4.78 is 35.1. The highest BCUT2D eigenvalue weighted by Crippen LogP contribution is 2.73. The number of fused-ring (bicyclic) bond motifs is 2. The van der Waals surface area contributed by atoms with Crippen LogP contribution >= 0.6 is 10.3 Å².